The quantitative estimate of drug-likeness (QED) is 0.811. The summed E-state index contributed by atoms with van der Waals surface area (Å²) < 4.78 is 4.82. The Kier molecular flexibility index (Phi) is 5.20. The summed E-state index contributed by atoms with van der Waals surface area (Å²) >= 11 is 0. The molecule has 0 aromatic carbocycles. The van der Waals surface area contributed by atoms with Crippen LogP contribution in [0.1, 0.15) is 37.0 Å². The van der Waals surface area contributed by atoms with Crippen molar-refractivity contribution in [3.8, 4) is 0 Å². The molecule has 0 bridgehead atoms. The number of ether oxygens (including phenoxy) is 1. The zero-order valence-corrected chi connectivity index (χ0v) is 15.1. The number of hydrogen-bond acceptors (Lipinski definition) is 5. The molecule has 2 atom stereocenters. The number of aromatic amines is 1. The fourth-order valence-electron chi connectivity index (χ4n) is 3.17. The van der Waals surface area contributed by atoms with Crippen LogP contribution in [0.3, 0.4) is 0 Å². The third-order valence-corrected chi connectivity index (χ3v) is 4.55. The number of fused-ring (bicyclic) bond motifs is 1. The van der Waals surface area contributed by atoms with Crippen molar-refractivity contribution < 1.29 is 14.3 Å². The number of esters is 1. The maximum absolute atomic E-state index is 13.0. The Morgan fingerprint density at radius 1 is 1.35 bits per heavy atom. The summed E-state index contributed by atoms with van der Waals surface area (Å²) in [6.45, 7) is 4.22. The third kappa shape index (κ3) is 3.40. The van der Waals surface area contributed by atoms with Gasteiger partial charge < -0.3 is 19.9 Å². The standard InChI is InChI=1S/C18H23N5O3/c1-11(2)14(17(24)26-3)22-18(25)23-9-7-12-15(21-10-20-12)16(23)13-6-4-5-8-19-13/h4-6,8,10-11,14,16H,7,9H2,1-3H3,(H,20,21)(H,22,25)/t14-,16?/m0/s1. The minimum atomic E-state index is -0.711. The summed E-state index contributed by atoms with van der Waals surface area (Å²) in [6, 6.07) is 4.13. The lowest BCUT2D eigenvalue weighted by molar-refractivity contribution is -0.144. The first-order valence-corrected chi connectivity index (χ1v) is 8.61. The molecule has 0 aliphatic carbocycles. The largest absolute Gasteiger partial charge is 0.467 e. The van der Waals surface area contributed by atoms with Crippen LogP contribution in [0, 0.1) is 5.92 Å². The molecular weight excluding hydrogens is 334 g/mol. The molecule has 0 radical (unpaired) electrons. The zero-order valence-electron chi connectivity index (χ0n) is 15.1. The molecule has 138 valence electrons. The second-order valence-corrected chi connectivity index (χ2v) is 6.56. The van der Waals surface area contributed by atoms with Crippen LogP contribution in [0.4, 0.5) is 4.79 Å². The third-order valence-electron chi connectivity index (χ3n) is 4.55. The van der Waals surface area contributed by atoms with Crippen LogP contribution in [-0.4, -0.2) is 51.5 Å². The number of imidazole rings is 1. The van der Waals surface area contributed by atoms with E-state index in [-0.39, 0.29) is 11.9 Å². The summed E-state index contributed by atoms with van der Waals surface area (Å²) in [6.07, 6.45) is 3.99. The minimum absolute atomic E-state index is 0.0922. The van der Waals surface area contributed by atoms with Gasteiger partial charge in [-0.2, -0.15) is 0 Å². The van der Waals surface area contributed by atoms with Crippen LogP contribution in [0.15, 0.2) is 30.7 Å². The number of amides is 2. The van der Waals surface area contributed by atoms with Gasteiger partial charge >= 0.3 is 12.0 Å². The van der Waals surface area contributed by atoms with Crippen molar-refractivity contribution in [2.45, 2.75) is 32.4 Å². The molecule has 1 aliphatic heterocycles. The van der Waals surface area contributed by atoms with E-state index in [1.807, 2.05) is 32.0 Å². The van der Waals surface area contributed by atoms with Gasteiger partial charge in [0, 0.05) is 24.9 Å². The molecule has 0 saturated carbocycles. The molecule has 2 aromatic heterocycles. The van der Waals surface area contributed by atoms with E-state index in [4.69, 9.17) is 4.74 Å². The SMILES string of the molecule is COC(=O)[C@@H](NC(=O)N1CCc2[nH]cnc2C1c1ccccn1)C(C)C. The smallest absolute Gasteiger partial charge is 0.328 e. The number of nitrogens with one attached hydrogen (secondary N) is 2. The number of nitrogens with zero attached hydrogens (tertiary/aromatic N) is 3. The van der Waals surface area contributed by atoms with Gasteiger partial charge in [-0.25, -0.2) is 14.6 Å². The van der Waals surface area contributed by atoms with Crippen molar-refractivity contribution in [1.29, 1.82) is 0 Å². The first-order valence-electron chi connectivity index (χ1n) is 8.61. The first-order chi connectivity index (χ1) is 12.5. The molecule has 8 heteroatoms. The highest BCUT2D eigenvalue weighted by atomic mass is 16.5. The van der Waals surface area contributed by atoms with Crippen molar-refractivity contribution in [2.75, 3.05) is 13.7 Å². The van der Waals surface area contributed by atoms with Crippen molar-refractivity contribution in [3.63, 3.8) is 0 Å². The van der Waals surface area contributed by atoms with E-state index in [2.05, 4.69) is 20.3 Å². The maximum Gasteiger partial charge on any atom is 0.328 e. The molecule has 3 heterocycles. The van der Waals surface area contributed by atoms with Crippen molar-refractivity contribution >= 4 is 12.0 Å². The molecule has 26 heavy (non-hydrogen) atoms. The van der Waals surface area contributed by atoms with Gasteiger partial charge in [0.05, 0.1) is 24.8 Å². The molecule has 2 aromatic rings. The predicted molar refractivity (Wildman–Crippen MR) is 94.3 cm³/mol. The number of rotatable bonds is 4. The van der Waals surface area contributed by atoms with Crippen LogP contribution < -0.4 is 5.32 Å². The van der Waals surface area contributed by atoms with Crippen molar-refractivity contribution in [1.82, 2.24) is 25.2 Å². The number of pyridine rings is 1. The van der Waals surface area contributed by atoms with Crippen molar-refractivity contribution in [3.05, 3.63) is 47.8 Å². The van der Waals surface area contributed by atoms with E-state index in [0.29, 0.717) is 13.0 Å². The van der Waals surface area contributed by atoms with E-state index < -0.39 is 18.1 Å². The van der Waals surface area contributed by atoms with Gasteiger partial charge in [-0.15, -0.1) is 0 Å². The highest BCUT2D eigenvalue weighted by Crippen LogP contribution is 2.32. The van der Waals surface area contributed by atoms with Crippen LogP contribution in [0.5, 0.6) is 0 Å². The Bertz CT molecular complexity index is 774. The normalized spacial score (nSPS) is 17.5. The summed E-state index contributed by atoms with van der Waals surface area (Å²) in [5.41, 5.74) is 2.51. The molecule has 3 rings (SSSR count). The summed E-state index contributed by atoms with van der Waals surface area (Å²) in [5, 5.41) is 2.81. The zero-order chi connectivity index (χ0) is 18.7. The highest BCUT2D eigenvalue weighted by Gasteiger charge is 2.36. The number of urea groups is 1. The monoisotopic (exact) mass is 357 g/mol. The maximum atomic E-state index is 13.0. The first kappa shape index (κ1) is 17.9. The average Bonchev–Trinajstić information content (AvgIpc) is 3.13. The predicted octanol–water partition coefficient (Wildman–Crippen LogP) is 1.66. The van der Waals surface area contributed by atoms with Crippen LogP contribution >= 0.6 is 0 Å². The van der Waals surface area contributed by atoms with E-state index in [1.165, 1.54) is 7.11 Å². The fraction of sp³-hybridized carbons (Fsp3) is 0.444. The van der Waals surface area contributed by atoms with Gasteiger partial charge in [-0.05, 0) is 18.1 Å². The highest BCUT2D eigenvalue weighted by molar-refractivity contribution is 5.84. The molecule has 8 nitrogen and oxygen atoms in total. The second-order valence-electron chi connectivity index (χ2n) is 6.56. The summed E-state index contributed by atoms with van der Waals surface area (Å²) in [5.74, 6) is -0.550. The molecule has 0 fully saturated rings. The van der Waals surface area contributed by atoms with E-state index in [0.717, 1.165) is 17.1 Å². The average molecular weight is 357 g/mol. The Balaban J connectivity index is 1.90. The molecular formula is C18H23N5O3. The molecule has 2 amide bonds. The van der Waals surface area contributed by atoms with Crippen LogP contribution in [-0.2, 0) is 16.0 Å². The van der Waals surface area contributed by atoms with Gasteiger partial charge in [0.15, 0.2) is 0 Å². The van der Waals surface area contributed by atoms with Gasteiger partial charge in [0.1, 0.15) is 12.1 Å². The number of carbonyl (C=O) groups excluding carboxylic acids is 2. The van der Waals surface area contributed by atoms with Gasteiger partial charge in [-0.1, -0.05) is 19.9 Å². The second kappa shape index (κ2) is 7.55. The van der Waals surface area contributed by atoms with Crippen LogP contribution in [0.25, 0.3) is 0 Å². The Hall–Kier alpha value is -2.90. The minimum Gasteiger partial charge on any atom is -0.467 e. The Morgan fingerprint density at radius 3 is 2.81 bits per heavy atom. The summed E-state index contributed by atoms with van der Waals surface area (Å²) in [4.78, 5) is 38.6. The van der Waals surface area contributed by atoms with Gasteiger partial charge in [-0.3, -0.25) is 4.98 Å². The molecule has 1 unspecified atom stereocenters. The Labute approximate surface area is 152 Å². The fourth-order valence-corrected chi connectivity index (χ4v) is 3.17. The van der Waals surface area contributed by atoms with E-state index >= 15 is 0 Å². The molecule has 0 spiro atoms. The lowest BCUT2D eigenvalue weighted by Gasteiger charge is -2.35. The lowest BCUT2D eigenvalue weighted by Crippen LogP contribution is -2.53. The number of methoxy groups -OCH3 is 1. The molecule has 1 aliphatic rings. The number of carbonyl (C=O) groups is 2. The number of H-pyrrole nitrogens is 1. The van der Waals surface area contributed by atoms with Gasteiger partial charge in [0.25, 0.3) is 0 Å². The van der Waals surface area contributed by atoms with Gasteiger partial charge in [0.2, 0.25) is 0 Å². The Morgan fingerprint density at radius 2 is 2.15 bits per heavy atom. The van der Waals surface area contributed by atoms with Crippen LogP contribution in [0.2, 0.25) is 0 Å². The molecule has 0 saturated heterocycles. The number of aromatic nitrogens is 3. The number of hydrogen-bond donors (Lipinski definition) is 2. The van der Waals surface area contributed by atoms with Crippen molar-refractivity contribution in [2.24, 2.45) is 5.92 Å². The van der Waals surface area contributed by atoms with E-state index in [9.17, 15) is 9.59 Å². The molecule has 2 N–H and O–H groups in total. The summed E-state index contributed by atoms with van der Waals surface area (Å²) in [7, 11) is 1.32. The van der Waals surface area contributed by atoms with E-state index in [1.54, 1.807) is 17.4 Å². The lowest BCUT2D eigenvalue weighted by atomic mass is 9.99. The topological polar surface area (TPSA) is 100 Å².